The van der Waals surface area contributed by atoms with Crippen LogP contribution in [0.3, 0.4) is 0 Å². The van der Waals surface area contributed by atoms with Crippen LogP contribution < -0.4 is 10.1 Å². The highest BCUT2D eigenvalue weighted by Crippen LogP contribution is 2.38. The van der Waals surface area contributed by atoms with Crippen molar-refractivity contribution in [3.05, 3.63) is 23.8 Å². The Morgan fingerprint density at radius 1 is 1.19 bits per heavy atom. The van der Waals surface area contributed by atoms with Crippen LogP contribution in [0.4, 0.5) is 13.2 Å². The Bertz CT molecular complexity index is 571. The summed E-state index contributed by atoms with van der Waals surface area (Å²) in [6.45, 7) is 8.44. The number of rotatable bonds is 5. The van der Waals surface area contributed by atoms with Gasteiger partial charge in [0.15, 0.2) is 0 Å². The SMILES string of the molecule is CC(C)(C)Oc1ccc(O)c([C@@H](CCC(F)(F)F)N2CCNCC2)c1.Cl. The third-order valence-corrected chi connectivity index (χ3v) is 4.08. The molecule has 1 atom stereocenters. The first kappa shape index (κ1) is 22.9. The van der Waals surface area contributed by atoms with E-state index in [4.69, 9.17) is 4.74 Å². The van der Waals surface area contributed by atoms with Crippen molar-refractivity contribution in [2.45, 2.75) is 51.4 Å². The summed E-state index contributed by atoms with van der Waals surface area (Å²) in [4.78, 5) is 2.00. The minimum Gasteiger partial charge on any atom is -0.508 e. The molecule has 1 aromatic rings. The minimum atomic E-state index is -4.22. The Labute approximate surface area is 159 Å². The first-order valence-electron chi connectivity index (χ1n) is 8.59. The normalized spacial score (nSPS) is 17.5. The molecule has 1 heterocycles. The van der Waals surface area contributed by atoms with E-state index in [9.17, 15) is 18.3 Å². The van der Waals surface area contributed by atoms with E-state index >= 15 is 0 Å². The molecule has 0 radical (unpaired) electrons. The lowest BCUT2D eigenvalue weighted by atomic mass is 9.98. The Morgan fingerprint density at radius 3 is 2.35 bits per heavy atom. The Hall–Kier alpha value is -1.18. The van der Waals surface area contributed by atoms with E-state index in [-0.39, 0.29) is 24.6 Å². The second-order valence-corrected chi connectivity index (χ2v) is 7.39. The number of piperazine rings is 1. The van der Waals surface area contributed by atoms with Gasteiger partial charge in [0.1, 0.15) is 17.1 Å². The highest BCUT2D eigenvalue weighted by molar-refractivity contribution is 5.85. The zero-order chi connectivity index (χ0) is 18.7. The average molecular weight is 397 g/mol. The van der Waals surface area contributed by atoms with E-state index in [1.807, 2.05) is 25.7 Å². The molecule has 0 saturated carbocycles. The maximum Gasteiger partial charge on any atom is 0.389 e. The molecule has 0 bridgehead atoms. The molecule has 0 spiro atoms. The van der Waals surface area contributed by atoms with Gasteiger partial charge in [0.05, 0.1) is 0 Å². The minimum absolute atomic E-state index is 0. The van der Waals surface area contributed by atoms with Crippen LogP contribution >= 0.6 is 12.4 Å². The number of hydrogen-bond donors (Lipinski definition) is 2. The van der Waals surface area contributed by atoms with Crippen molar-refractivity contribution in [3.8, 4) is 11.5 Å². The Balaban J connectivity index is 0.00000338. The van der Waals surface area contributed by atoms with Crippen molar-refractivity contribution < 1.29 is 23.0 Å². The van der Waals surface area contributed by atoms with Crippen LogP contribution in [0.15, 0.2) is 18.2 Å². The van der Waals surface area contributed by atoms with Crippen molar-refractivity contribution in [1.82, 2.24) is 10.2 Å². The molecular weight excluding hydrogens is 369 g/mol. The van der Waals surface area contributed by atoms with E-state index in [0.29, 0.717) is 24.4 Å². The molecule has 1 aliphatic rings. The van der Waals surface area contributed by atoms with Gasteiger partial charge in [-0.25, -0.2) is 0 Å². The topological polar surface area (TPSA) is 44.7 Å². The third kappa shape index (κ3) is 7.21. The standard InChI is InChI=1S/C18H27F3N2O2.ClH/c1-17(2,3)25-13-4-5-16(24)14(12-13)15(6-7-18(19,20)21)23-10-8-22-9-11-23;/h4-5,12,15,22,24H,6-11H2,1-3H3;1H/t15-;/m1./s1. The molecule has 1 aromatic carbocycles. The van der Waals surface area contributed by atoms with Gasteiger partial charge in [-0.3, -0.25) is 4.90 Å². The summed E-state index contributed by atoms with van der Waals surface area (Å²) in [5.74, 6) is 0.555. The fraction of sp³-hybridized carbons (Fsp3) is 0.667. The lowest BCUT2D eigenvalue weighted by Gasteiger charge is -2.36. The summed E-state index contributed by atoms with van der Waals surface area (Å²) in [5.41, 5.74) is 0.0676. The summed E-state index contributed by atoms with van der Waals surface area (Å²) in [7, 11) is 0. The lowest BCUT2D eigenvalue weighted by Crippen LogP contribution is -2.45. The summed E-state index contributed by atoms with van der Waals surface area (Å²) in [5, 5.41) is 13.5. The van der Waals surface area contributed by atoms with Crippen molar-refractivity contribution in [3.63, 3.8) is 0 Å². The molecule has 4 nitrogen and oxygen atoms in total. The van der Waals surface area contributed by atoms with Crippen molar-refractivity contribution in [2.24, 2.45) is 0 Å². The lowest BCUT2D eigenvalue weighted by molar-refractivity contribution is -0.138. The van der Waals surface area contributed by atoms with Crippen LogP contribution in [0.5, 0.6) is 11.5 Å². The van der Waals surface area contributed by atoms with E-state index in [1.54, 1.807) is 12.1 Å². The van der Waals surface area contributed by atoms with Gasteiger partial charge >= 0.3 is 6.18 Å². The summed E-state index contributed by atoms with van der Waals surface area (Å²) < 4.78 is 44.2. The largest absolute Gasteiger partial charge is 0.508 e. The highest BCUT2D eigenvalue weighted by Gasteiger charge is 2.32. The maximum atomic E-state index is 12.8. The molecule has 1 fully saturated rings. The van der Waals surface area contributed by atoms with Crippen LogP contribution in [0.2, 0.25) is 0 Å². The number of hydrogen-bond acceptors (Lipinski definition) is 4. The van der Waals surface area contributed by atoms with Gasteiger partial charge in [-0.05, 0) is 45.4 Å². The summed E-state index contributed by atoms with van der Waals surface area (Å²) in [6.07, 6.45) is -5.19. The molecular formula is C18H28ClF3N2O2. The zero-order valence-corrected chi connectivity index (χ0v) is 16.2. The zero-order valence-electron chi connectivity index (χ0n) is 15.4. The highest BCUT2D eigenvalue weighted by atomic mass is 35.5. The number of aromatic hydroxyl groups is 1. The quantitative estimate of drug-likeness (QED) is 0.779. The molecule has 0 unspecified atom stereocenters. The second-order valence-electron chi connectivity index (χ2n) is 7.39. The molecule has 0 aromatic heterocycles. The van der Waals surface area contributed by atoms with Gasteiger partial charge in [-0.1, -0.05) is 0 Å². The summed E-state index contributed by atoms with van der Waals surface area (Å²) >= 11 is 0. The van der Waals surface area contributed by atoms with E-state index in [2.05, 4.69) is 5.32 Å². The number of halogens is 4. The van der Waals surface area contributed by atoms with E-state index in [1.165, 1.54) is 6.07 Å². The number of alkyl halides is 3. The smallest absolute Gasteiger partial charge is 0.389 e. The van der Waals surface area contributed by atoms with Gasteiger partial charge in [0.2, 0.25) is 0 Å². The number of nitrogens with one attached hydrogen (secondary N) is 1. The van der Waals surface area contributed by atoms with Crippen LogP contribution in [0, 0.1) is 0 Å². The maximum absolute atomic E-state index is 12.8. The third-order valence-electron chi connectivity index (χ3n) is 4.08. The molecule has 8 heteroatoms. The fourth-order valence-electron chi connectivity index (χ4n) is 3.05. The van der Waals surface area contributed by atoms with Crippen LogP contribution in [-0.2, 0) is 0 Å². The molecule has 2 rings (SSSR count). The Kier molecular flexibility index (Phi) is 8.04. The first-order chi connectivity index (χ1) is 11.6. The monoisotopic (exact) mass is 396 g/mol. The number of phenols is 1. The van der Waals surface area contributed by atoms with Gasteiger partial charge < -0.3 is 15.2 Å². The molecule has 0 aliphatic carbocycles. The number of phenolic OH excluding ortho intramolecular Hbond substituents is 1. The fourth-order valence-corrected chi connectivity index (χ4v) is 3.05. The van der Waals surface area contributed by atoms with Gasteiger partial charge in [0, 0.05) is 44.2 Å². The van der Waals surface area contributed by atoms with E-state index in [0.717, 1.165) is 13.1 Å². The van der Waals surface area contributed by atoms with Crippen molar-refractivity contribution >= 4 is 12.4 Å². The van der Waals surface area contributed by atoms with Crippen molar-refractivity contribution in [2.75, 3.05) is 26.2 Å². The number of nitrogens with zero attached hydrogens (tertiary/aromatic N) is 1. The van der Waals surface area contributed by atoms with E-state index < -0.39 is 24.2 Å². The summed E-state index contributed by atoms with van der Waals surface area (Å²) in [6, 6.07) is 4.32. The Morgan fingerprint density at radius 2 is 1.81 bits per heavy atom. The average Bonchev–Trinajstić information content (AvgIpc) is 2.49. The van der Waals surface area contributed by atoms with Crippen LogP contribution in [0.25, 0.3) is 0 Å². The molecule has 150 valence electrons. The van der Waals surface area contributed by atoms with Gasteiger partial charge in [-0.2, -0.15) is 13.2 Å². The molecule has 26 heavy (non-hydrogen) atoms. The number of ether oxygens (including phenoxy) is 1. The van der Waals surface area contributed by atoms with Crippen molar-refractivity contribution in [1.29, 1.82) is 0 Å². The van der Waals surface area contributed by atoms with Crippen LogP contribution in [0.1, 0.15) is 45.2 Å². The molecule has 1 aliphatic heterocycles. The number of benzene rings is 1. The predicted molar refractivity (Wildman–Crippen MR) is 98.2 cm³/mol. The van der Waals surface area contributed by atoms with Gasteiger partial charge in [-0.15, -0.1) is 12.4 Å². The second kappa shape index (κ2) is 9.15. The van der Waals surface area contributed by atoms with Gasteiger partial charge in [0.25, 0.3) is 0 Å². The molecule has 1 saturated heterocycles. The predicted octanol–water partition coefficient (Wildman–Crippen LogP) is 4.28. The van der Waals surface area contributed by atoms with Crippen LogP contribution in [-0.4, -0.2) is 48.0 Å². The molecule has 0 amide bonds. The molecule has 2 N–H and O–H groups in total. The first-order valence-corrected chi connectivity index (χ1v) is 8.59.